The monoisotopic (exact) mass is 843 g/mol. The van der Waals surface area contributed by atoms with Crippen LogP contribution in [-0.4, -0.2) is 112 Å². The summed E-state index contributed by atoms with van der Waals surface area (Å²) in [4.78, 5) is 74.5. The Hall–Kier alpha value is -3.19. The van der Waals surface area contributed by atoms with E-state index in [-0.39, 0.29) is 30.4 Å². The lowest BCUT2D eigenvalue weighted by Gasteiger charge is -2.59. The van der Waals surface area contributed by atoms with E-state index in [4.69, 9.17) is 4.74 Å². The number of benzene rings is 2. The Morgan fingerprint density at radius 3 is 1.98 bits per heavy atom. The van der Waals surface area contributed by atoms with E-state index in [0.29, 0.717) is 11.3 Å². The number of esters is 1. The number of likely N-dealkylation sites (N-methyl/N-ethyl adjacent to an activating group) is 2. The highest BCUT2D eigenvalue weighted by molar-refractivity contribution is 8.78. The van der Waals surface area contributed by atoms with E-state index < -0.39 is 101 Å². The second-order valence-electron chi connectivity index (χ2n) is 17.0. The van der Waals surface area contributed by atoms with Crippen molar-refractivity contribution in [1.29, 1.82) is 0 Å². The van der Waals surface area contributed by atoms with Gasteiger partial charge in [0.15, 0.2) is 15.8 Å². The molecule has 2 N–H and O–H groups in total. The van der Waals surface area contributed by atoms with Crippen LogP contribution in [0.2, 0.25) is 0 Å². The second-order valence-corrected chi connectivity index (χ2v) is 22.3. The first-order chi connectivity index (χ1) is 26.3. The van der Waals surface area contributed by atoms with Crippen molar-refractivity contribution in [1.82, 2.24) is 19.6 Å². The molecule has 8 saturated heterocycles. The van der Waals surface area contributed by atoms with Gasteiger partial charge in [-0.05, 0) is 109 Å². The summed E-state index contributed by atoms with van der Waals surface area (Å²) in [5.74, 6) is -4.10. The van der Waals surface area contributed by atoms with Crippen LogP contribution in [0.25, 0.3) is 0 Å². The van der Waals surface area contributed by atoms with Crippen LogP contribution in [0.15, 0.2) is 36.4 Å². The first-order valence-electron chi connectivity index (χ1n) is 18.6. The maximum absolute atomic E-state index is 16.1. The standard InChI is InChI=1S/C38H39F2N5O7S4/c1-8-33-27(47)44-23-14-17-10-11-18(39)15-20(17)35(23,24(46)37(44,55-53-33)29(49)42(33)6)36-21-16-19(40)12-13-22(21)41-26(36)45-28(48)34(9-2)43(7)30(50)38(45,56-54-34)25(36)52-31(51)32(3,4)5/h10-13,15-16,23-26,41,46H,8-9,14H2,1-7H3/t23-,24-,25-,26+,33-,34-,35-,36+,37-,38-/m0/s1. The van der Waals surface area contributed by atoms with E-state index in [1.165, 1.54) is 85.6 Å². The zero-order valence-corrected chi connectivity index (χ0v) is 34.7. The Morgan fingerprint density at radius 1 is 0.821 bits per heavy atom. The molecule has 296 valence electrons. The molecule has 12 nitrogen and oxygen atoms in total. The molecule has 12 rings (SSSR count). The van der Waals surface area contributed by atoms with Crippen LogP contribution < -0.4 is 5.32 Å². The zero-order valence-electron chi connectivity index (χ0n) is 31.5. The molecule has 56 heavy (non-hydrogen) atoms. The molecule has 10 aliphatic rings. The van der Waals surface area contributed by atoms with Crippen molar-refractivity contribution in [3.63, 3.8) is 0 Å². The number of aliphatic hydroxyl groups excluding tert-OH is 1. The molecule has 10 atom stereocenters. The summed E-state index contributed by atoms with van der Waals surface area (Å²) < 4.78 is 38.9. The van der Waals surface area contributed by atoms with E-state index >= 15 is 28.0 Å². The zero-order chi connectivity index (χ0) is 40.1. The summed E-state index contributed by atoms with van der Waals surface area (Å²) in [6, 6.07) is 6.98. The third-order valence-corrected chi connectivity index (χ3v) is 21.5. The lowest BCUT2D eigenvalue weighted by Crippen LogP contribution is -2.78. The number of anilines is 1. The lowest BCUT2D eigenvalue weighted by atomic mass is 9.51. The van der Waals surface area contributed by atoms with Crippen molar-refractivity contribution in [2.75, 3.05) is 19.4 Å². The first kappa shape index (κ1) is 37.1. The normalized spacial score (nSPS) is 41.1. The number of carbonyl (C=O) groups is 5. The minimum Gasteiger partial charge on any atom is -0.457 e. The van der Waals surface area contributed by atoms with Gasteiger partial charge in [-0.1, -0.05) is 41.5 Å². The number of nitrogens with zero attached hydrogens (tertiary/aromatic N) is 4. The Labute approximate surface area is 337 Å². The van der Waals surface area contributed by atoms with Crippen LogP contribution in [0.3, 0.4) is 0 Å². The fraction of sp³-hybridized carbons (Fsp3) is 0.553. The summed E-state index contributed by atoms with van der Waals surface area (Å²) >= 11 is 0. The number of hydrogen-bond acceptors (Lipinski definition) is 12. The molecule has 0 radical (unpaired) electrons. The summed E-state index contributed by atoms with van der Waals surface area (Å²) in [5, 5.41) is 17.2. The number of carbonyl (C=O) groups excluding carboxylic acids is 5. The van der Waals surface area contributed by atoms with Crippen LogP contribution in [-0.2, 0) is 46.0 Å². The highest BCUT2D eigenvalue weighted by Gasteiger charge is 2.93. The van der Waals surface area contributed by atoms with Gasteiger partial charge in [-0.2, -0.15) is 0 Å². The number of fused-ring (bicyclic) bond motifs is 11. The fourth-order valence-corrected chi connectivity index (χ4v) is 19.3. The average molecular weight is 844 g/mol. The maximum atomic E-state index is 16.1. The molecule has 2 aromatic carbocycles. The topological polar surface area (TPSA) is 140 Å². The molecule has 9 heterocycles. The molecule has 2 aromatic rings. The van der Waals surface area contributed by atoms with Gasteiger partial charge in [-0.3, -0.25) is 28.9 Å². The molecule has 2 spiro atoms. The molecule has 0 unspecified atom stereocenters. The Kier molecular flexibility index (Phi) is 7.22. The number of rotatable bonds is 4. The van der Waals surface area contributed by atoms with E-state index in [1.807, 2.05) is 0 Å². The van der Waals surface area contributed by atoms with Crippen LogP contribution in [0, 0.1) is 17.0 Å². The van der Waals surface area contributed by atoms with Gasteiger partial charge in [0.05, 0.1) is 22.3 Å². The van der Waals surface area contributed by atoms with Crippen molar-refractivity contribution in [2.45, 2.75) is 109 Å². The van der Waals surface area contributed by atoms with Crippen molar-refractivity contribution in [3.8, 4) is 0 Å². The van der Waals surface area contributed by atoms with E-state index in [0.717, 1.165) is 21.6 Å². The van der Waals surface area contributed by atoms with Crippen molar-refractivity contribution in [2.24, 2.45) is 5.41 Å². The van der Waals surface area contributed by atoms with E-state index in [2.05, 4.69) is 5.32 Å². The Balaban J connectivity index is 1.39. The lowest BCUT2D eigenvalue weighted by molar-refractivity contribution is -0.177. The Bertz CT molecular complexity index is 2270. The third-order valence-electron chi connectivity index (χ3n) is 14.0. The number of halogens is 2. The van der Waals surface area contributed by atoms with Gasteiger partial charge in [0.1, 0.15) is 23.9 Å². The number of amides is 4. The summed E-state index contributed by atoms with van der Waals surface area (Å²) in [6.45, 7) is 8.53. The van der Waals surface area contributed by atoms with Gasteiger partial charge in [-0.25, -0.2) is 8.78 Å². The van der Waals surface area contributed by atoms with E-state index in [9.17, 15) is 9.90 Å². The highest BCUT2D eigenvalue weighted by atomic mass is 33.1. The average Bonchev–Trinajstić information content (AvgIpc) is 3.81. The van der Waals surface area contributed by atoms with Crippen LogP contribution in [0.5, 0.6) is 0 Å². The molecule has 4 bridgehead atoms. The third kappa shape index (κ3) is 3.50. The highest BCUT2D eigenvalue weighted by Crippen LogP contribution is 2.79. The van der Waals surface area contributed by atoms with Crippen molar-refractivity contribution in [3.05, 3.63) is 64.7 Å². The minimum absolute atomic E-state index is 0.0385. The quantitative estimate of drug-likeness (QED) is 0.338. The molecule has 18 heteroatoms. The van der Waals surface area contributed by atoms with Crippen LogP contribution in [0.1, 0.15) is 64.2 Å². The molecule has 0 aromatic heterocycles. The number of piperazine rings is 2. The van der Waals surface area contributed by atoms with Gasteiger partial charge in [-0.15, -0.1) is 0 Å². The summed E-state index contributed by atoms with van der Waals surface area (Å²) in [5.41, 5.74) is -3.93. The SMILES string of the molecule is CC[C@@]12SS[C@]3(C(=O)N1C)[C@@H](O)[C@]1([C@@]45c6cc(F)ccc6N[C@@H]4N4C(=O)[C@]6(CC)SS[C@]4(C(=O)N6C)[C@H]5OC(=O)C(C)(C)C)c4cc(F)ccc4C[C@@H]1N3C2=O. The Morgan fingerprint density at radius 2 is 1.38 bits per heavy atom. The molecule has 1 aliphatic carbocycles. The van der Waals surface area contributed by atoms with E-state index in [1.54, 1.807) is 40.7 Å². The van der Waals surface area contributed by atoms with Gasteiger partial charge >= 0.3 is 5.97 Å². The fourth-order valence-electron chi connectivity index (χ4n) is 11.4. The van der Waals surface area contributed by atoms with Crippen molar-refractivity contribution >= 4 is 78.5 Å². The van der Waals surface area contributed by atoms with Crippen molar-refractivity contribution < 1.29 is 42.6 Å². The predicted octanol–water partition coefficient (Wildman–Crippen LogP) is 4.16. The number of hydrogen-bond donors (Lipinski definition) is 2. The number of aliphatic hydroxyl groups is 1. The summed E-state index contributed by atoms with van der Waals surface area (Å²) in [7, 11) is 7.58. The van der Waals surface area contributed by atoms with Gasteiger partial charge in [0.2, 0.25) is 9.74 Å². The number of nitrogens with one attached hydrogen (secondary N) is 1. The first-order valence-corrected chi connectivity index (χ1v) is 22.9. The molecular formula is C38H39F2N5O7S4. The van der Waals surface area contributed by atoms with Gasteiger partial charge in [0.25, 0.3) is 23.6 Å². The maximum Gasteiger partial charge on any atom is 0.311 e. The van der Waals surface area contributed by atoms with Gasteiger partial charge in [0, 0.05) is 19.8 Å². The second kappa shape index (κ2) is 10.9. The molecule has 0 saturated carbocycles. The van der Waals surface area contributed by atoms with Gasteiger partial charge < -0.3 is 29.9 Å². The molecular weight excluding hydrogens is 805 g/mol. The smallest absolute Gasteiger partial charge is 0.311 e. The molecule has 9 aliphatic heterocycles. The van der Waals surface area contributed by atoms with Crippen LogP contribution in [0.4, 0.5) is 14.5 Å². The number of ether oxygens (including phenoxy) is 1. The van der Waals surface area contributed by atoms with Crippen LogP contribution >= 0.6 is 43.2 Å². The summed E-state index contributed by atoms with van der Waals surface area (Å²) in [6.07, 6.45) is -4.39. The predicted molar refractivity (Wildman–Crippen MR) is 208 cm³/mol. The largest absolute Gasteiger partial charge is 0.457 e. The molecule has 4 amide bonds. The molecule has 8 fully saturated rings. The minimum atomic E-state index is -2.03.